The van der Waals surface area contributed by atoms with Gasteiger partial charge in [-0.2, -0.15) is 50.7 Å². The Morgan fingerprint density at radius 3 is 1.90 bits per heavy atom. The summed E-state index contributed by atoms with van der Waals surface area (Å²) in [4.78, 5) is 25.6. The van der Waals surface area contributed by atoms with Crippen molar-refractivity contribution in [1.29, 1.82) is 0 Å². The van der Waals surface area contributed by atoms with Crippen molar-refractivity contribution in [2.24, 2.45) is 0 Å². The number of rotatable bonds is 6. The van der Waals surface area contributed by atoms with Gasteiger partial charge in [0.25, 0.3) is 0 Å². The number of imidazole rings is 2. The quantitative estimate of drug-likeness (QED) is 0.119. The van der Waals surface area contributed by atoms with E-state index in [1.165, 1.54) is 18.2 Å². The lowest BCUT2D eigenvalue weighted by Crippen LogP contribution is -2.11. The number of nitrogens with two attached hydrogens (primary N) is 2. The summed E-state index contributed by atoms with van der Waals surface area (Å²) in [6, 6.07) is 20.4. The normalized spacial score (nSPS) is 11.8. The lowest BCUT2D eigenvalue weighted by Gasteiger charge is -2.12. The van der Waals surface area contributed by atoms with Gasteiger partial charge in [-0.1, -0.05) is 23.7 Å². The van der Waals surface area contributed by atoms with Crippen molar-refractivity contribution in [2.75, 3.05) is 22.1 Å². The minimum absolute atomic E-state index is 0.0693. The molecule has 0 fully saturated rings. The first kappa shape index (κ1) is 40.1. The zero-order valence-electron chi connectivity index (χ0n) is 30.3. The maximum atomic E-state index is 14.5. The highest BCUT2D eigenvalue weighted by molar-refractivity contribution is 6.31. The van der Waals surface area contributed by atoms with Crippen LogP contribution in [0.15, 0.2) is 91.0 Å². The van der Waals surface area contributed by atoms with Crippen LogP contribution in [0.1, 0.15) is 22.8 Å². The molecule has 0 aliphatic rings. The molecule has 0 spiro atoms. The molecule has 302 valence electrons. The predicted molar refractivity (Wildman–Crippen MR) is 206 cm³/mol. The summed E-state index contributed by atoms with van der Waals surface area (Å²) in [5.74, 6) is -1.31. The molecule has 59 heavy (non-hydrogen) atoms. The van der Waals surface area contributed by atoms with Crippen molar-refractivity contribution in [3.63, 3.8) is 0 Å². The molecule has 6 N–H and O–H groups in total. The molecule has 8 aromatic rings. The number of halogens is 9. The number of nitrogen functional groups attached to an aromatic ring is 2. The summed E-state index contributed by atoms with van der Waals surface area (Å²) >= 11 is 6.08. The molecule has 0 amide bonds. The van der Waals surface area contributed by atoms with Crippen LogP contribution in [0, 0.1) is 25.5 Å². The zero-order valence-corrected chi connectivity index (χ0v) is 31.1. The molecule has 0 atom stereocenters. The highest BCUT2D eigenvalue weighted by atomic mass is 35.5. The maximum absolute atomic E-state index is 14.5. The fourth-order valence-corrected chi connectivity index (χ4v) is 6.09. The predicted octanol–water partition coefficient (Wildman–Crippen LogP) is 9.87. The molecule has 12 nitrogen and oxygen atoms in total. The van der Waals surface area contributed by atoms with Crippen molar-refractivity contribution in [1.82, 2.24) is 39.0 Å². The molecule has 0 saturated heterocycles. The highest BCUT2D eigenvalue weighted by Crippen LogP contribution is 2.34. The summed E-state index contributed by atoms with van der Waals surface area (Å²) in [7, 11) is 0. The van der Waals surface area contributed by atoms with E-state index in [2.05, 4.69) is 40.5 Å². The maximum Gasteiger partial charge on any atom is 0.419 e. The van der Waals surface area contributed by atoms with Crippen LogP contribution in [0.25, 0.3) is 34.0 Å². The van der Waals surface area contributed by atoms with Crippen molar-refractivity contribution in [3.05, 3.63) is 130 Å². The summed E-state index contributed by atoms with van der Waals surface area (Å²) in [5, 5.41) is 5.89. The zero-order chi connectivity index (χ0) is 42.4. The molecule has 4 aromatic heterocycles. The fraction of sp³-hybridized carbons (Fsp3) is 0.105. The highest BCUT2D eigenvalue weighted by Gasteiger charge is 2.34. The molecular weight excluding hydrogens is 812 g/mol. The van der Waals surface area contributed by atoms with Crippen molar-refractivity contribution >= 4 is 68.3 Å². The Bertz CT molecular complexity index is 2860. The monoisotopic (exact) mass is 838 g/mol. The number of benzene rings is 4. The Balaban J connectivity index is 0.000000179. The molecule has 0 radical (unpaired) electrons. The van der Waals surface area contributed by atoms with Crippen LogP contribution in [0.3, 0.4) is 0 Å². The number of aryl methyl sites for hydroxylation is 2. The smallest absolute Gasteiger partial charge is 0.383 e. The van der Waals surface area contributed by atoms with E-state index in [-0.39, 0.29) is 40.7 Å². The van der Waals surface area contributed by atoms with E-state index in [4.69, 9.17) is 23.1 Å². The van der Waals surface area contributed by atoms with Gasteiger partial charge in [-0.25, -0.2) is 14.4 Å². The topological polar surface area (TPSA) is 163 Å². The largest absolute Gasteiger partial charge is 0.419 e. The van der Waals surface area contributed by atoms with Gasteiger partial charge in [0.2, 0.25) is 17.7 Å². The first-order valence-electron chi connectivity index (χ1n) is 17.0. The molecule has 8 rings (SSSR count). The average molecular weight is 839 g/mol. The molecule has 0 unspecified atom stereocenters. The van der Waals surface area contributed by atoms with Gasteiger partial charge < -0.3 is 22.1 Å². The number of anilines is 6. The second kappa shape index (κ2) is 15.3. The Morgan fingerprint density at radius 1 is 0.610 bits per heavy atom. The molecule has 21 heteroatoms. The molecule has 4 aromatic carbocycles. The first-order valence-corrected chi connectivity index (χ1v) is 17.4. The van der Waals surface area contributed by atoms with Crippen LogP contribution in [0.4, 0.5) is 69.8 Å². The van der Waals surface area contributed by atoms with E-state index in [1.54, 1.807) is 47.2 Å². The van der Waals surface area contributed by atoms with Crippen LogP contribution in [-0.2, 0) is 12.4 Å². The van der Waals surface area contributed by atoms with Crippen LogP contribution >= 0.6 is 11.6 Å². The lowest BCUT2D eigenvalue weighted by atomic mass is 10.2. The van der Waals surface area contributed by atoms with E-state index in [0.29, 0.717) is 44.8 Å². The van der Waals surface area contributed by atoms with Gasteiger partial charge in [0, 0.05) is 22.5 Å². The number of alkyl halides is 6. The fourth-order valence-electron chi connectivity index (χ4n) is 5.92. The Kier molecular flexibility index (Phi) is 10.4. The number of hydrogen-bond donors (Lipinski definition) is 4. The summed E-state index contributed by atoms with van der Waals surface area (Å²) in [5.41, 5.74) is 12.4. The van der Waals surface area contributed by atoms with E-state index in [1.807, 2.05) is 18.2 Å². The Labute approximate surface area is 332 Å². The van der Waals surface area contributed by atoms with Gasteiger partial charge in [-0.05, 0) is 86.6 Å². The SMILES string of the molecule is Cc1nc2ccc(Cl)cc2n1-c1nc(N)cc(Nc2ccc(C(F)(F)F)c(F)c2)n1.Cc1nc2ccccc2n1-c1nc(N)c(F)c(Nc2ccc(C(F)(F)F)cc2)n1. The van der Waals surface area contributed by atoms with Gasteiger partial charge in [-0.15, -0.1) is 0 Å². The Hall–Kier alpha value is -7.09. The molecule has 0 aliphatic heterocycles. The van der Waals surface area contributed by atoms with Crippen molar-refractivity contribution in [3.8, 4) is 11.9 Å². The molecule has 0 bridgehead atoms. The van der Waals surface area contributed by atoms with E-state index >= 15 is 0 Å². The number of nitrogens with zero attached hydrogens (tertiary/aromatic N) is 8. The second-order valence-corrected chi connectivity index (χ2v) is 13.1. The number of nitrogens with one attached hydrogen (secondary N) is 2. The number of aromatic nitrogens is 8. The van der Waals surface area contributed by atoms with Gasteiger partial charge in [0.05, 0.1) is 33.2 Å². The van der Waals surface area contributed by atoms with Crippen LogP contribution in [0.2, 0.25) is 5.02 Å². The number of hydrogen-bond acceptors (Lipinski definition) is 10. The third-order valence-corrected chi connectivity index (χ3v) is 8.77. The number of para-hydroxylation sites is 2. The molecule has 4 heterocycles. The van der Waals surface area contributed by atoms with E-state index in [0.717, 1.165) is 24.3 Å². The minimum atomic E-state index is -4.78. The summed E-state index contributed by atoms with van der Waals surface area (Å²) in [6.45, 7) is 3.49. The lowest BCUT2D eigenvalue weighted by molar-refractivity contribution is -0.140. The van der Waals surface area contributed by atoms with Crippen LogP contribution < -0.4 is 22.1 Å². The summed E-state index contributed by atoms with van der Waals surface area (Å²) < 4.78 is 108. The third-order valence-electron chi connectivity index (χ3n) is 8.53. The van der Waals surface area contributed by atoms with Gasteiger partial charge in [-0.3, -0.25) is 9.13 Å². The minimum Gasteiger partial charge on any atom is -0.383 e. The average Bonchev–Trinajstić information content (AvgIpc) is 3.67. The standard InChI is InChI=1S/C19H13ClF4N6.C19H14F4N6/c1-9-26-14-5-2-10(20)6-15(14)30(9)18-28-16(25)8-17(29-18)27-11-3-4-12(13(21)7-11)19(22,23)24;1-10-25-13-4-2-3-5-14(13)29(10)18-27-16(24)15(20)17(28-18)26-12-8-6-11(7-9-12)19(21,22)23/h2-8H,1H3,(H3,25,27,28,29);2-9H,1H3,(H3,24,26,27,28). The molecule has 0 aliphatic carbocycles. The number of fused-ring (bicyclic) bond motifs is 2. The third kappa shape index (κ3) is 8.47. The van der Waals surface area contributed by atoms with E-state index < -0.39 is 40.9 Å². The van der Waals surface area contributed by atoms with Gasteiger partial charge >= 0.3 is 12.4 Å². The second-order valence-electron chi connectivity index (χ2n) is 12.7. The van der Waals surface area contributed by atoms with Crippen LogP contribution in [0.5, 0.6) is 0 Å². The van der Waals surface area contributed by atoms with Crippen molar-refractivity contribution in [2.45, 2.75) is 26.2 Å². The van der Waals surface area contributed by atoms with Crippen molar-refractivity contribution < 1.29 is 35.1 Å². The molecular formula is C38H27ClF8N12. The van der Waals surface area contributed by atoms with Gasteiger partial charge in [0.15, 0.2) is 11.6 Å². The summed E-state index contributed by atoms with van der Waals surface area (Å²) in [6.07, 6.45) is -9.24. The van der Waals surface area contributed by atoms with E-state index in [9.17, 15) is 35.1 Å². The van der Waals surface area contributed by atoms with Crippen LogP contribution in [-0.4, -0.2) is 39.0 Å². The first-order chi connectivity index (χ1) is 27.8. The Morgan fingerprint density at radius 2 is 1.24 bits per heavy atom. The van der Waals surface area contributed by atoms with Gasteiger partial charge in [0.1, 0.15) is 29.1 Å². The molecule has 0 saturated carbocycles.